The summed E-state index contributed by atoms with van der Waals surface area (Å²) in [4.78, 5) is 11.9. The number of H-pyrrole nitrogens is 1. The first-order valence-corrected chi connectivity index (χ1v) is 2.63. The Balaban J connectivity index is -0.000000116. The van der Waals surface area contributed by atoms with E-state index < -0.39 is 12.6 Å². The van der Waals surface area contributed by atoms with E-state index in [1.165, 1.54) is 0 Å². The Kier molecular flexibility index (Phi) is 17.9. The summed E-state index contributed by atoms with van der Waals surface area (Å²) >= 11 is 0. The highest BCUT2D eigenvalue weighted by Crippen LogP contribution is 1.72. The molecule has 0 saturated carbocycles. The maximum Gasteiger partial charge on any atom is 0.335 e. The van der Waals surface area contributed by atoms with Gasteiger partial charge in [-0.3, -0.25) is 4.70 Å². The van der Waals surface area contributed by atoms with Gasteiger partial charge in [0.2, 0.25) is 0 Å². The minimum absolute atomic E-state index is 0. The van der Waals surface area contributed by atoms with Gasteiger partial charge in [0.05, 0.1) is 0 Å². The Morgan fingerprint density at radius 1 is 1.42 bits per heavy atom. The topological polar surface area (TPSA) is 53.1 Å². The van der Waals surface area contributed by atoms with Crippen LogP contribution in [0.2, 0.25) is 0 Å². The number of aliphatic carboxylic acids is 1. The second kappa shape index (κ2) is 12.6. The summed E-state index contributed by atoms with van der Waals surface area (Å²) in [5, 5.41) is 7.35. The maximum absolute atomic E-state index is 10.5. The number of hydrogen-bond acceptors (Lipinski definition) is 1. The highest BCUT2D eigenvalue weighted by Gasteiger charge is 1.85. The summed E-state index contributed by atoms with van der Waals surface area (Å²) in [6.45, 7) is -1.28. The molecule has 0 amide bonds. The third-order valence-corrected chi connectivity index (χ3v) is 0.610. The molecule has 0 atom stereocenters. The van der Waals surface area contributed by atoms with Gasteiger partial charge in [0.1, 0.15) is 0 Å². The van der Waals surface area contributed by atoms with Gasteiger partial charge in [-0.2, -0.15) is 0 Å². The largest absolute Gasteiger partial charge is 0.479 e. The van der Waals surface area contributed by atoms with Gasteiger partial charge in [0.25, 0.3) is 0 Å². The Bertz CT molecular complexity index is 153. The van der Waals surface area contributed by atoms with E-state index in [-0.39, 0.29) is 17.1 Å². The van der Waals surface area contributed by atoms with Crippen molar-refractivity contribution in [1.82, 2.24) is 4.98 Å². The zero-order valence-electron chi connectivity index (χ0n) is 6.07. The SMILES string of the molecule is Cl.F.O=C(O)CF.c1cc[nH]c1. The minimum Gasteiger partial charge on any atom is -0.479 e. The third kappa shape index (κ3) is 16.0. The molecule has 0 fully saturated rings. The summed E-state index contributed by atoms with van der Waals surface area (Å²) in [5.74, 6) is -1.41. The molecule has 0 radical (unpaired) electrons. The number of carboxylic acids is 1. The molecule has 0 aliphatic heterocycles. The summed E-state index contributed by atoms with van der Waals surface area (Å²) in [5.41, 5.74) is 0. The fourth-order valence-electron chi connectivity index (χ4n) is 0.278. The summed E-state index contributed by atoms with van der Waals surface area (Å²) < 4.78 is 10.5. The number of alkyl halides is 1. The Morgan fingerprint density at radius 3 is 1.83 bits per heavy atom. The van der Waals surface area contributed by atoms with Crippen molar-refractivity contribution in [3.63, 3.8) is 0 Å². The summed E-state index contributed by atoms with van der Waals surface area (Å²) in [6.07, 6.45) is 3.75. The molecular formula is C6H10ClF2NO2. The zero-order chi connectivity index (χ0) is 7.82. The van der Waals surface area contributed by atoms with Gasteiger partial charge in [-0.25, -0.2) is 9.18 Å². The molecule has 3 nitrogen and oxygen atoms in total. The lowest BCUT2D eigenvalue weighted by Gasteiger charge is -1.69. The molecule has 2 N–H and O–H groups in total. The first-order valence-electron chi connectivity index (χ1n) is 2.63. The molecule has 12 heavy (non-hydrogen) atoms. The van der Waals surface area contributed by atoms with E-state index in [9.17, 15) is 4.39 Å². The van der Waals surface area contributed by atoms with Crippen LogP contribution >= 0.6 is 12.4 Å². The summed E-state index contributed by atoms with van der Waals surface area (Å²) in [6, 6.07) is 3.89. The fraction of sp³-hybridized carbons (Fsp3) is 0.167. The van der Waals surface area contributed by atoms with Gasteiger partial charge in [0.15, 0.2) is 6.67 Å². The van der Waals surface area contributed by atoms with Crippen LogP contribution in [0.15, 0.2) is 24.5 Å². The van der Waals surface area contributed by atoms with Gasteiger partial charge in [-0.15, -0.1) is 12.4 Å². The monoisotopic (exact) mass is 201 g/mol. The molecule has 72 valence electrons. The van der Waals surface area contributed by atoms with Gasteiger partial charge in [-0.05, 0) is 12.1 Å². The van der Waals surface area contributed by atoms with E-state index in [1.807, 2.05) is 24.5 Å². The second-order valence-corrected chi connectivity index (χ2v) is 1.41. The van der Waals surface area contributed by atoms with Crippen molar-refractivity contribution >= 4 is 18.4 Å². The molecule has 0 bridgehead atoms. The van der Waals surface area contributed by atoms with Crippen LogP contribution in [0.1, 0.15) is 0 Å². The van der Waals surface area contributed by atoms with Crippen LogP contribution in [0, 0.1) is 0 Å². The van der Waals surface area contributed by atoms with Crippen LogP contribution in [-0.4, -0.2) is 22.7 Å². The van der Waals surface area contributed by atoms with Gasteiger partial charge in [-0.1, -0.05) is 0 Å². The smallest absolute Gasteiger partial charge is 0.335 e. The summed E-state index contributed by atoms with van der Waals surface area (Å²) in [7, 11) is 0. The lowest BCUT2D eigenvalue weighted by atomic mass is 10.7. The standard InChI is InChI=1S/C4H5N.C2H3FO2.ClH.FH/c1-2-4-5-3-1;3-1-2(4)5;;/h1-5H;1H2,(H,4,5);2*1H. The van der Waals surface area contributed by atoms with Crippen LogP contribution in [0.4, 0.5) is 9.09 Å². The first kappa shape index (κ1) is 17.1. The molecule has 1 heterocycles. The van der Waals surface area contributed by atoms with Crippen LogP contribution in [0.3, 0.4) is 0 Å². The quantitative estimate of drug-likeness (QED) is 0.726. The van der Waals surface area contributed by atoms with E-state index in [0.29, 0.717) is 0 Å². The molecule has 0 aromatic carbocycles. The highest BCUT2D eigenvalue weighted by atomic mass is 35.5. The molecule has 0 spiro atoms. The van der Waals surface area contributed by atoms with Crippen molar-refractivity contribution in [1.29, 1.82) is 0 Å². The fourth-order valence-corrected chi connectivity index (χ4v) is 0.278. The molecule has 0 aliphatic carbocycles. The second-order valence-electron chi connectivity index (χ2n) is 1.41. The average molecular weight is 202 g/mol. The number of aromatic nitrogens is 1. The van der Waals surface area contributed by atoms with Crippen molar-refractivity contribution in [2.75, 3.05) is 6.67 Å². The lowest BCUT2D eigenvalue weighted by Crippen LogP contribution is -1.93. The molecule has 1 rings (SSSR count). The zero-order valence-corrected chi connectivity index (χ0v) is 6.88. The van der Waals surface area contributed by atoms with Gasteiger partial charge >= 0.3 is 5.97 Å². The molecule has 0 saturated heterocycles. The number of carbonyl (C=O) groups is 1. The lowest BCUT2D eigenvalue weighted by molar-refractivity contribution is -0.137. The van der Waals surface area contributed by atoms with Crippen LogP contribution < -0.4 is 0 Å². The van der Waals surface area contributed by atoms with Crippen molar-refractivity contribution in [3.05, 3.63) is 24.5 Å². The number of halogens is 3. The molecule has 0 aliphatic rings. The molecule has 1 aromatic rings. The number of carboxylic acid groups (broad SMARTS) is 1. The first-order chi connectivity index (χ1) is 4.77. The van der Waals surface area contributed by atoms with Crippen LogP contribution in [0.25, 0.3) is 0 Å². The van der Waals surface area contributed by atoms with Crippen LogP contribution in [-0.2, 0) is 4.79 Å². The Labute approximate surface area is 74.4 Å². The van der Waals surface area contributed by atoms with E-state index in [2.05, 4.69) is 4.98 Å². The van der Waals surface area contributed by atoms with Crippen molar-refractivity contribution < 1.29 is 19.0 Å². The molecule has 0 unspecified atom stereocenters. The van der Waals surface area contributed by atoms with E-state index >= 15 is 0 Å². The number of nitrogens with one attached hydrogen (secondary N) is 1. The van der Waals surface area contributed by atoms with E-state index in [4.69, 9.17) is 9.90 Å². The number of aromatic amines is 1. The predicted molar refractivity (Wildman–Crippen MR) is 44.2 cm³/mol. The van der Waals surface area contributed by atoms with E-state index in [1.54, 1.807) is 0 Å². The molecule has 1 aromatic heterocycles. The van der Waals surface area contributed by atoms with Crippen LogP contribution in [0.5, 0.6) is 0 Å². The Hall–Kier alpha value is -1.10. The highest BCUT2D eigenvalue weighted by molar-refractivity contribution is 5.85. The molecular weight excluding hydrogens is 192 g/mol. The number of hydrogen-bond donors (Lipinski definition) is 2. The normalized spacial score (nSPS) is 6.42. The number of rotatable bonds is 1. The third-order valence-electron chi connectivity index (χ3n) is 0.610. The minimum atomic E-state index is -1.41. The van der Waals surface area contributed by atoms with Crippen molar-refractivity contribution in [3.8, 4) is 0 Å². The maximum atomic E-state index is 10.5. The Morgan fingerprint density at radius 2 is 1.75 bits per heavy atom. The van der Waals surface area contributed by atoms with Gasteiger partial charge < -0.3 is 10.1 Å². The van der Waals surface area contributed by atoms with Gasteiger partial charge in [0, 0.05) is 12.4 Å². The van der Waals surface area contributed by atoms with Crippen molar-refractivity contribution in [2.45, 2.75) is 0 Å². The molecule has 6 heteroatoms. The van der Waals surface area contributed by atoms with E-state index in [0.717, 1.165) is 0 Å². The average Bonchev–Trinajstić information content (AvgIpc) is 2.43. The predicted octanol–water partition coefficient (Wildman–Crippen LogP) is 1.63. The van der Waals surface area contributed by atoms with Crippen molar-refractivity contribution in [2.24, 2.45) is 0 Å².